The number of thiazole rings is 1. The molecule has 46 heavy (non-hydrogen) atoms. The largest absolute Gasteiger partial charge is 0.494 e. The first-order chi connectivity index (χ1) is 22.5. The Balaban J connectivity index is 1.40. The Hall–Kier alpha value is -4.86. The number of hydrogen-bond acceptors (Lipinski definition) is 8. The zero-order chi connectivity index (χ0) is 31.8. The van der Waals surface area contributed by atoms with Crippen molar-refractivity contribution in [3.63, 3.8) is 0 Å². The van der Waals surface area contributed by atoms with Crippen LogP contribution in [0.5, 0.6) is 5.75 Å². The summed E-state index contributed by atoms with van der Waals surface area (Å²) in [5, 5.41) is 0. The van der Waals surface area contributed by atoms with E-state index in [1.54, 1.807) is 23.3 Å². The van der Waals surface area contributed by atoms with Crippen molar-refractivity contribution in [1.82, 2.24) is 4.57 Å². The Bertz CT molecular complexity index is 2170. The monoisotopic (exact) mass is 645 g/mol. The second kappa shape index (κ2) is 12.5. The number of para-hydroxylation sites is 1. The van der Waals surface area contributed by atoms with Crippen molar-refractivity contribution in [3.8, 4) is 5.75 Å². The Morgan fingerprint density at radius 3 is 2.39 bits per heavy atom. The van der Waals surface area contributed by atoms with Gasteiger partial charge < -0.3 is 14.4 Å². The summed E-state index contributed by atoms with van der Waals surface area (Å²) in [5.41, 5.74) is 5.33. The van der Waals surface area contributed by atoms with E-state index in [0.29, 0.717) is 33.0 Å². The molecule has 0 fully saturated rings. The molecular formula is C37H31N3O4S2. The van der Waals surface area contributed by atoms with Gasteiger partial charge in [0.1, 0.15) is 5.75 Å². The summed E-state index contributed by atoms with van der Waals surface area (Å²) >= 11 is 3.04. The van der Waals surface area contributed by atoms with Gasteiger partial charge in [-0.3, -0.25) is 9.36 Å². The summed E-state index contributed by atoms with van der Waals surface area (Å²) in [7, 11) is 2.07. The molecule has 9 heteroatoms. The van der Waals surface area contributed by atoms with Crippen molar-refractivity contribution in [3.05, 3.63) is 139 Å². The molecule has 4 aromatic carbocycles. The van der Waals surface area contributed by atoms with Gasteiger partial charge in [-0.05, 0) is 67.4 Å². The van der Waals surface area contributed by atoms with Gasteiger partial charge in [0.2, 0.25) is 0 Å². The van der Waals surface area contributed by atoms with Gasteiger partial charge in [-0.2, -0.15) is 0 Å². The lowest BCUT2D eigenvalue weighted by atomic mass is 9.93. The lowest BCUT2D eigenvalue weighted by molar-refractivity contribution is -0.138. The van der Waals surface area contributed by atoms with Crippen LogP contribution in [0.25, 0.3) is 11.8 Å². The first-order valence-corrected chi connectivity index (χ1v) is 16.8. The van der Waals surface area contributed by atoms with E-state index in [4.69, 9.17) is 14.5 Å². The highest BCUT2D eigenvalue weighted by atomic mass is 32.2. The number of fused-ring (bicyclic) bond motifs is 3. The third-order valence-corrected chi connectivity index (χ3v) is 10.1. The van der Waals surface area contributed by atoms with E-state index in [9.17, 15) is 9.59 Å². The summed E-state index contributed by atoms with van der Waals surface area (Å²) < 4.78 is 13.4. The van der Waals surface area contributed by atoms with Crippen LogP contribution in [0.15, 0.2) is 122 Å². The van der Waals surface area contributed by atoms with Crippen LogP contribution in [0.1, 0.15) is 36.6 Å². The van der Waals surface area contributed by atoms with Crippen molar-refractivity contribution >= 4 is 52.2 Å². The average Bonchev–Trinajstić information content (AvgIpc) is 3.39. The van der Waals surface area contributed by atoms with Gasteiger partial charge in [0.05, 0.1) is 46.4 Å². The molecule has 0 unspecified atom stereocenters. The number of rotatable bonds is 7. The zero-order valence-corrected chi connectivity index (χ0v) is 27.2. The maximum atomic E-state index is 14.3. The number of anilines is 2. The van der Waals surface area contributed by atoms with Crippen LogP contribution in [0.3, 0.4) is 0 Å². The molecule has 0 saturated carbocycles. The third-order valence-electron chi connectivity index (χ3n) is 7.97. The molecule has 7 nitrogen and oxygen atoms in total. The molecule has 1 atom stereocenters. The molecule has 2 aliphatic rings. The first-order valence-electron chi connectivity index (χ1n) is 15.1. The zero-order valence-electron chi connectivity index (χ0n) is 25.6. The van der Waals surface area contributed by atoms with E-state index in [1.165, 1.54) is 21.9 Å². The van der Waals surface area contributed by atoms with Gasteiger partial charge in [-0.15, -0.1) is 0 Å². The molecule has 0 N–H and O–H groups in total. The summed E-state index contributed by atoms with van der Waals surface area (Å²) in [6.45, 7) is 4.43. The minimum absolute atomic E-state index is 0.195. The van der Waals surface area contributed by atoms with E-state index >= 15 is 0 Å². The van der Waals surface area contributed by atoms with E-state index in [-0.39, 0.29) is 12.2 Å². The lowest BCUT2D eigenvalue weighted by Gasteiger charge is -2.29. The van der Waals surface area contributed by atoms with Crippen LogP contribution >= 0.6 is 23.1 Å². The molecule has 5 aromatic rings. The molecule has 1 aromatic heterocycles. The van der Waals surface area contributed by atoms with Gasteiger partial charge in [-0.1, -0.05) is 83.8 Å². The Kier molecular flexibility index (Phi) is 8.11. The maximum absolute atomic E-state index is 14.3. The van der Waals surface area contributed by atoms with E-state index in [2.05, 4.69) is 36.2 Å². The van der Waals surface area contributed by atoms with E-state index < -0.39 is 12.0 Å². The molecule has 7 rings (SSSR count). The quantitative estimate of drug-likeness (QED) is 0.187. The van der Waals surface area contributed by atoms with Crippen LogP contribution in [0.2, 0.25) is 0 Å². The number of benzene rings is 4. The van der Waals surface area contributed by atoms with Gasteiger partial charge in [0.25, 0.3) is 5.56 Å². The molecule has 0 amide bonds. The summed E-state index contributed by atoms with van der Waals surface area (Å²) in [5.74, 6) is 0.205. The number of hydrogen-bond donors (Lipinski definition) is 0. The lowest BCUT2D eigenvalue weighted by Crippen LogP contribution is -2.40. The SMILES string of the molecule is CCOC(=O)C1=C(c2ccccc2)N=c2s/c(=C\c3ccc4c(c3)Sc3ccccc3N4C)c(=O)n2[C@H]1c1ccc(OCC)cc1. The van der Waals surface area contributed by atoms with E-state index in [1.807, 2.05) is 85.8 Å². The summed E-state index contributed by atoms with van der Waals surface area (Å²) in [6.07, 6.45) is 1.91. The van der Waals surface area contributed by atoms with Crippen molar-refractivity contribution in [1.29, 1.82) is 0 Å². The fourth-order valence-electron chi connectivity index (χ4n) is 5.87. The van der Waals surface area contributed by atoms with E-state index in [0.717, 1.165) is 27.3 Å². The standard InChI is InChI=1S/C37H31N3O4S2/c1-4-43-26-18-16-25(17-19-26)34-32(36(42)44-5-2)33(24-11-7-6-8-12-24)38-37-40(34)35(41)31(46-37)22-23-15-20-28-30(21-23)45-29-14-10-9-13-27(29)39(28)3/h6-22,34H,4-5H2,1-3H3/b31-22-/t34-/m0/s1. The van der Waals surface area contributed by atoms with Crippen molar-refractivity contribution in [2.75, 3.05) is 25.2 Å². The highest BCUT2D eigenvalue weighted by Crippen LogP contribution is 2.47. The second-order valence-electron chi connectivity index (χ2n) is 10.8. The third kappa shape index (κ3) is 5.35. The molecule has 0 radical (unpaired) electrons. The summed E-state index contributed by atoms with van der Waals surface area (Å²) in [4.78, 5) is 38.0. The second-order valence-corrected chi connectivity index (χ2v) is 12.9. The van der Waals surface area contributed by atoms with Crippen LogP contribution in [-0.2, 0) is 9.53 Å². The van der Waals surface area contributed by atoms with Gasteiger partial charge >= 0.3 is 5.97 Å². The molecule has 0 aliphatic carbocycles. The Morgan fingerprint density at radius 1 is 0.891 bits per heavy atom. The van der Waals surface area contributed by atoms with Crippen LogP contribution in [-0.4, -0.2) is 30.8 Å². The highest BCUT2D eigenvalue weighted by molar-refractivity contribution is 7.99. The topological polar surface area (TPSA) is 73.1 Å². The molecule has 0 saturated heterocycles. The van der Waals surface area contributed by atoms with Crippen LogP contribution in [0, 0.1) is 0 Å². The molecule has 2 aliphatic heterocycles. The summed E-state index contributed by atoms with van der Waals surface area (Å²) in [6, 6.07) is 30.9. The fraction of sp³-hybridized carbons (Fsp3) is 0.162. The Labute approximate surface area is 274 Å². The van der Waals surface area contributed by atoms with Gasteiger partial charge in [0, 0.05) is 22.4 Å². The first kappa shape index (κ1) is 29.8. The minimum atomic E-state index is -0.743. The Morgan fingerprint density at radius 2 is 1.63 bits per heavy atom. The van der Waals surface area contributed by atoms with Crippen LogP contribution < -0.4 is 24.5 Å². The highest BCUT2D eigenvalue weighted by Gasteiger charge is 2.35. The fourth-order valence-corrected chi connectivity index (χ4v) is 8.07. The van der Waals surface area contributed by atoms with Crippen molar-refractivity contribution in [2.24, 2.45) is 4.99 Å². The molecule has 0 bridgehead atoms. The predicted molar refractivity (Wildman–Crippen MR) is 184 cm³/mol. The number of carbonyl (C=O) groups is 1. The smallest absolute Gasteiger partial charge is 0.338 e. The average molecular weight is 646 g/mol. The molecule has 230 valence electrons. The minimum Gasteiger partial charge on any atom is -0.494 e. The van der Waals surface area contributed by atoms with Gasteiger partial charge in [0.15, 0.2) is 4.80 Å². The normalized spacial score (nSPS) is 15.5. The molecular weight excluding hydrogens is 615 g/mol. The predicted octanol–water partition coefficient (Wildman–Crippen LogP) is 6.57. The number of esters is 1. The van der Waals surface area contributed by atoms with Crippen molar-refractivity contribution in [2.45, 2.75) is 29.7 Å². The molecule has 3 heterocycles. The maximum Gasteiger partial charge on any atom is 0.338 e. The number of nitrogens with zero attached hydrogens (tertiary/aromatic N) is 3. The van der Waals surface area contributed by atoms with Gasteiger partial charge in [-0.25, -0.2) is 9.79 Å². The van der Waals surface area contributed by atoms with Crippen LogP contribution in [0.4, 0.5) is 11.4 Å². The molecule has 0 spiro atoms. The number of ether oxygens (including phenoxy) is 2. The number of carbonyl (C=O) groups excluding carboxylic acids is 1. The van der Waals surface area contributed by atoms with Crippen molar-refractivity contribution < 1.29 is 14.3 Å². The number of aromatic nitrogens is 1.